The van der Waals surface area contributed by atoms with Crippen molar-refractivity contribution in [2.75, 3.05) is 0 Å². The lowest BCUT2D eigenvalue weighted by Gasteiger charge is -2.36. The van der Waals surface area contributed by atoms with Crippen LogP contribution in [0.4, 0.5) is 0 Å². The van der Waals surface area contributed by atoms with Gasteiger partial charge in [0.2, 0.25) is 0 Å². The summed E-state index contributed by atoms with van der Waals surface area (Å²) in [4.78, 5) is 0. The van der Waals surface area contributed by atoms with Crippen LogP contribution in [-0.4, -0.2) is 18.1 Å². The minimum Gasteiger partial charge on any atom is -0.411 e. The maximum atomic E-state index is 6.32. The molecule has 0 bridgehead atoms. The molecule has 22 heavy (non-hydrogen) atoms. The standard InChI is InChI=1S/C18H28N2OSi/c1-14-10-8-9-11-16(14)17-12-15(20(5)19-17)13-21-22(6,7)18(2,3)4/h8-12H,13H2,1-7H3. The SMILES string of the molecule is Cc1ccccc1-c1cc(CO[Si](C)(C)C(C)(C)C)n(C)n1. The van der Waals surface area contributed by atoms with E-state index < -0.39 is 8.32 Å². The van der Waals surface area contributed by atoms with E-state index in [0.29, 0.717) is 6.61 Å². The number of hydrogen-bond acceptors (Lipinski definition) is 2. The highest BCUT2D eigenvalue weighted by Gasteiger charge is 2.37. The molecule has 1 aromatic heterocycles. The fourth-order valence-corrected chi connectivity index (χ4v) is 3.05. The van der Waals surface area contributed by atoms with Gasteiger partial charge in [0, 0.05) is 12.6 Å². The Hall–Kier alpha value is -1.39. The van der Waals surface area contributed by atoms with Gasteiger partial charge in [-0.15, -0.1) is 0 Å². The van der Waals surface area contributed by atoms with Crippen LogP contribution in [0.15, 0.2) is 30.3 Å². The molecule has 2 rings (SSSR count). The molecule has 1 aromatic carbocycles. The zero-order valence-electron chi connectivity index (χ0n) is 14.9. The molecule has 0 radical (unpaired) electrons. The highest BCUT2D eigenvalue weighted by molar-refractivity contribution is 6.74. The third kappa shape index (κ3) is 3.50. The third-order valence-corrected chi connectivity index (χ3v) is 9.26. The molecule has 4 heteroatoms. The Morgan fingerprint density at radius 3 is 2.41 bits per heavy atom. The molecule has 1 heterocycles. The zero-order chi connectivity index (χ0) is 16.5. The molecule has 0 N–H and O–H groups in total. The molecule has 0 saturated carbocycles. The highest BCUT2D eigenvalue weighted by Crippen LogP contribution is 2.37. The first-order chi connectivity index (χ1) is 10.1. The van der Waals surface area contributed by atoms with Crippen molar-refractivity contribution in [1.82, 2.24) is 9.78 Å². The maximum Gasteiger partial charge on any atom is 0.192 e. The van der Waals surface area contributed by atoms with Crippen molar-refractivity contribution in [3.05, 3.63) is 41.6 Å². The Labute approximate surface area is 135 Å². The topological polar surface area (TPSA) is 27.1 Å². The van der Waals surface area contributed by atoms with Gasteiger partial charge in [-0.3, -0.25) is 4.68 Å². The second-order valence-electron chi connectivity index (χ2n) is 7.51. The number of benzene rings is 1. The molecule has 0 atom stereocenters. The molecule has 0 amide bonds. The van der Waals surface area contributed by atoms with Gasteiger partial charge in [0.1, 0.15) is 0 Å². The summed E-state index contributed by atoms with van der Waals surface area (Å²) in [5.74, 6) is 0. The van der Waals surface area contributed by atoms with Gasteiger partial charge in [-0.1, -0.05) is 45.0 Å². The van der Waals surface area contributed by atoms with Gasteiger partial charge in [-0.25, -0.2) is 0 Å². The van der Waals surface area contributed by atoms with Crippen LogP contribution in [0.25, 0.3) is 11.3 Å². The van der Waals surface area contributed by atoms with E-state index in [1.54, 1.807) is 0 Å². The molecule has 0 aliphatic rings. The van der Waals surface area contributed by atoms with E-state index in [1.165, 1.54) is 11.1 Å². The van der Waals surface area contributed by atoms with E-state index in [2.05, 4.69) is 76.2 Å². The summed E-state index contributed by atoms with van der Waals surface area (Å²) < 4.78 is 8.26. The summed E-state index contributed by atoms with van der Waals surface area (Å²) in [7, 11) is 0.260. The molecular formula is C18H28N2OSi. The molecule has 0 aliphatic heterocycles. The molecule has 3 nitrogen and oxygen atoms in total. The fourth-order valence-electron chi connectivity index (χ4n) is 2.10. The number of aryl methyl sites for hydroxylation is 2. The van der Waals surface area contributed by atoms with Crippen LogP contribution < -0.4 is 0 Å². The van der Waals surface area contributed by atoms with Crippen molar-refractivity contribution < 1.29 is 4.43 Å². The van der Waals surface area contributed by atoms with Gasteiger partial charge in [0.05, 0.1) is 18.0 Å². The first-order valence-electron chi connectivity index (χ1n) is 7.85. The molecule has 0 unspecified atom stereocenters. The van der Waals surface area contributed by atoms with Crippen molar-refractivity contribution in [2.24, 2.45) is 7.05 Å². The van der Waals surface area contributed by atoms with Crippen molar-refractivity contribution in [3.63, 3.8) is 0 Å². The highest BCUT2D eigenvalue weighted by atomic mass is 28.4. The maximum absolute atomic E-state index is 6.32. The Morgan fingerprint density at radius 1 is 1.18 bits per heavy atom. The van der Waals surface area contributed by atoms with E-state index in [9.17, 15) is 0 Å². The van der Waals surface area contributed by atoms with Crippen molar-refractivity contribution in [2.45, 2.75) is 52.4 Å². The number of aromatic nitrogens is 2. The number of nitrogens with zero attached hydrogens (tertiary/aromatic N) is 2. The molecule has 0 spiro atoms. The Bertz CT molecular complexity index is 653. The van der Waals surface area contributed by atoms with Crippen molar-refractivity contribution >= 4 is 8.32 Å². The van der Waals surface area contributed by atoms with Gasteiger partial charge in [-0.2, -0.15) is 5.10 Å². The fraction of sp³-hybridized carbons (Fsp3) is 0.500. The van der Waals surface area contributed by atoms with Crippen LogP contribution >= 0.6 is 0 Å². The summed E-state index contributed by atoms with van der Waals surface area (Å²) in [5.41, 5.74) is 4.59. The van der Waals surface area contributed by atoms with Gasteiger partial charge < -0.3 is 4.43 Å². The second-order valence-corrected chi connectivity index (χ2v) is 12.3. The Balaban J connectivity index is 2.20. The minimum atomic E-state index is -1.73. The lowest BCUT2D eigenvalue weighted by Crippen LogP contribution is -2.40. The monoisotopic (exact) mass is 316 g/mol. The third-order valence-electron chi connectivity index (χ3n) is 4.78. The zero-order valence-corrected chi connectivity index (χ0v) is 15.9. The van der Waals surface area contributed by atoms with Crippen LogP contribution in [0, 0.1) is 6.92 Å². The molecule has 0 fully saturated rings. The Morgan fingerprint density at radius 2 is 1.82 bits per heavy atom. The number of hydrogen-bond donors (Lipinski definition) is 0. The van der Waals surface area contributed by atoms with E-state index in [-0.39, 0.29) is 5.04 Å². The van der Waals surface area contributed by atoms with Crippen LogP contribution in [0.1, 0.15) is 32.0 Å². The summed E-state index contributed by atoms with van der Waals surface area (Å²) in [6.07, 6.45) is 0. The predicted molar refractivity (Wildman–Crippen MR) is 95.4 cm³/mol. The van der Waals surface area contributed by atoms with E-state index >= 15 is 0 Å². The van der Waals surface area contributed by atoms with Crippen LogP contribution in [0.3, 0.4) is 0 Å². The largest absolute Gasteiger partial charge is 0.411 e. The lowest BCUT2D eigenvalue weighted by atomic mass is 10.1. The van der Waals surface area contributed by atoms with Gasteiger partial charge in [0.25, 0.3) is 0 Å². The van der Waals surface area contributed by atoms with E-state index in [0.717, 1.165) is 11.4 Å². The molecule has 0 aliphatic carbocycles. The average molecular weight is 317 g/mol. The molecule has 0 saturated heterocycles. The van der Waals surface area contributed by atoms with Gasteiger partial charge in [0.15, 0.2) is 8.32 Å². The van der Waals surface area contributed by atoms with Gasteiger partial charge >= 0.3 is 0 Å². The minimum absolute atomic E-state index is 0.227. The quantitative estimate of drug-likeness (QED) is 0.749. The Kier molecular flexibility index (Phi) is 4.64. The van der Waals surface area contributed by atoms with Crippen molar-refractivity contribution in [1.29, 1.82) is 0 Å². The summed E-state index contributed by atoms with van der Waals surface area (Å²) in [5, 5.41) is 4.88. The second kappa shape index (κ2) is 6.01. The van der Waals surface area contributed by atoms with Crippen LogP contribution in [-0.2, 0) is 18.1 Å². The smallest absolute Gasteiger partial charge is 0.192 e. The first kappa shape index (κ1) is 17.0. The number of rotatable bonds is 4. The summed E-state index contributed by atoms with van der Waals surface area (Å²) in [6, 6.07) is 10.5. The molecule has 2 aromatic rings. The molecule has 120 valence electrons. The summed E-state index contributed by atoms with van der Waals surface area (Å²) >= 11 is 0. The average Bonchev–Trinajstić information content (AvgIpc) is 2.77. The normalized spacial score (nSPS) is 12.7. The first-order valence-corrected chi connectivity index (χ1v) is 10.8. The van der Waals surface area contributed by atoms with E-state index in [1.807, 2.05) is 11.7 Å². The lowest BCUT2D eigenvalue weighted by molar-refractivity contribution is 0.266. The van der Waals surface area contributed by atoms with Crippen LogP contribution in [0.2, 0.25) is 18.1 Å². The van der Waals surface area contributed by atoms with Gasteiger partial charge in [-0.05, 0) is 36.7 Å². The van der Waals surface area contributed by atoms with Crippen LogP contribution in [0.5, 0.6) is 0 Å². The molecular weight excluding hydrogens is 288 g/mol. The summed E-state index contributed by atoms with van der Waals surface area (Å²) in [6.45, 7) is 14.1. The van der Waals surface area contributed by atoms with E-state index in [4.69, 9.17) is 4.43 Å². The predicted octanol–water partition coefficient (Wildman–Crippen LogP) is 4.92. The van der Waals surface area contributed by atoms with Crippen molar-refractivity contribution in [3.8, 4) is 11.3 Å².